The normalized spacial score (nSPS) is 31.6. The maximum Gasteiger partial charge on any atom is 0.325 e. The van der Waals surface area contributed by atoms with Crippen LogP contribution in [-0.4, -0.2) is 132 Å². The SMILES string of the molecule is CCOC(=O)Cn1c2cc(C#CC3OC(CO)C(O)C(O)C3O)ccc2c2ccc(C#CC3OC(CO)C(O)C(O)C3O)cc21. The largest absolute Gasteiger partial charge is 0.465 e. The molecule has 0 amide bonds. The van der Waals surface area contributed by atoms with Crippen LogP contribution in [0.3, 0.4) is 0 Å². The van der Waals surface area contributed by atoms with Gasteiger partial charge in [0.1, 0.15) is 67.6 Å². The van der Waals surface area contributed by atoms with E-state index in [2.05, 4.69) is 23.7 Å². The number of esters is 1. The van der Waals surface area contributed by atoms with Crippen molar-refractivity contribution in [2.75, 3.05) is 19.8 Å². The monoisotopic (exact) mass is 625 g/mol. The van der Waals surface area contributed by atoms with Crippen molar-refractivity contribution in [2.45, 2.75) is 74.5 Å². The van der Waals surface area contributed by atoms with Crippen LogP contribution in [0.4, 0.5) is 0 Å². The molecule has 2 aliphatic heterocycles. The van der Waals surface area contributed by atoms with Crippen LogP contribution in [0.5, 0.6) is 0 Å². The number of aromatic nitrogens is 1. The van der Waals surface area contributed by atoms with E-state index in [4.69, 9.17) is 14.2 Å². The molecule has 2 saturated heterocycles. The number of fused-ring (bicyclic) bond motifs is 3. The van der Waals surface area contributed by atoms with E-state index in [1.807, 2.05) is 12.1 Å². The molecule has 13 heteroatoms. The zero-order valence-corrected chi connectivity index (χ0v) is 24.2. The average Bonchev–Trinajstić information content (AvgIpc) is 3.33. The first kappa shape index (κ1) is 32.8. The van der Waals surface area contributed by atoms with E-state index in [1.54, 1.807) is 35.8 Å². The highest BCUT2D eigenvalue weighted by atomic mass is 16.6. The minimum atomic E-state index is -1.55. The summed E-state index contributed by atoms with van der Waals surface area (Å²) in [4.78, 5) is 12.6. The number of hydrogen-bond acceptors (Lipinski definition) is 12. The highest BCUT2D eigenvalue weighted by molar-refractivity contribution is 6.09. The molecule has 5 rings (SSSR count). The first-order valence-electron chi connectivity index (χ1n) is 14.4. The first-order valence-corrected chi connectivity index (χ1v) is 14.4. The molecule has 0 spiro atoms. The van der Waals surface area contributed by atoms with E-state index >= 15 is 0 Å². The van der Waals surface area contributed by atoms with Gasteiger partial charge in [0.25, 0.3) is 0 Å². The van der Waals surface area contributed by atoms with Crippen molar-refractivity contribution in [1.82, 2.24) is 4.57 Å². The zero-order valence-electron chi connectivity index (χ0n) is 24.2. The molecule has 2 aromatic carbocycles. The third-order valence-corrected chi connectivity index (χ3v) is 7.96. The van der Waals surface area contributed by atoms with Gasteiger partial charge in [-0.15, -0.1) is 0 Å². The summed E-state index contributed by atoms with van der Waals surface area (Å²) < 4.78 is 17.9. The number of hydrogen-bond donors (Lipinski definition) is 8. The predicted octanol–water partition coefficient (Wildman–Crippen LogP) is -2.25. The molecule has 240 valence electrons. The van der Waals surface area contributed by atoms with E-state index < -0.39 is 80.2 Å². The van der Waals surface area contributed by atoms with Gasteiger partial charge in [0, 0.05) is 21.9 Å². The Labute approximate surface area is 257 Å². The number of ether oxygens (including phenoxy) is 3. The topological polar surface area (TPSA) is 212 Å². The molecule has 45 heavy (non-hydrogen) atoms. The van der Waals surface area contributed by atoms with Gasteiger partial charge in [0.05, 0.1) is 30.9 Å². The molecule has 0 radical (unpaired) electrons. The van der Waals surface area contributed by atoms with Crippen LogP contribution in [0, 0.1) is 23.7 Å². The van der Waals surface area contributed by atoms with Crippen LogP contribution in [-0.2, 0) is 25.5 Å². The summed E-state index contributed by atoms with van der Waals surface area (Å²) in [6.07, 6.45) is -13.6. The van der Waals surface area contributed by atoms with Gasteiger partial charge < -0.3 is 59.6 Å². The van der Waals surface area contributed by atoms with E-state index in [1.165, 1.54) is 0 Å². The molecule has 0 saturated carbocycles. The fourth-order valence-electron chi connectivity index (χ4n) is 5.51. The molecule has 10 atom stereocenters. The van der Waals surface area contributed by atoms with Crippen LogP contribution >= 0.6 is 0 Å². The average molecular weight is 626 g/mol. The van der Waals surface area contributed by atoms with Crippen molar-refractivity contribution in [3.05, 3.63) is 47.5 Å². The summed E-state index contributed by atoms with van der Waals surface area (Å²) in [5, 5.41) is 81.4. The Morgan fingerprint density at radius 1 is 0.733 bits per heavy atom. The van der Waals surface area contributed by atoms with Gasteiger partial charge in [-0.3, -0.25) is 4.79 Å². The molecule has 13 nitrogen and oxygen atoms in total. The second kappa shape index (κ2) is 13.8. The van der Waals surface area contributed by atoms with Crippen molar-refractivity contribution in [3.63, 3.8) is 0 Å². The van der Waals surface area contributed by atoms with Crippen molar-refractivity contribution in [2.24, 2.45) is 0 Å². The van der Waals surface area contributed by atoms with Crippen LogP contribution in [0.25, 0.3) is 21.8 Å². The number of aliphatic hydroxyl groups excluding tert-OH is 8. The Bertz CT molecular complexity index is 1550. The molecule has 3 aromatic rings. The van der Waals surface area contributed by atoms with Gasteiger partial charge in [-0.25, -0.2) is 0 Å². The highest BCUT2D eigenvalue weighted by Crippen LogP contribution is 2.31. The minimum absolute atomic E-state index is 0.138. The van der Waals surface area contributed by atoms with Crippen LogP contribution < -0.4 is 0 Å². The Balaban J connectivity index is 1.51. The minimum Gasteiger partial charge on any atom is -0.465 e. The van der Waals surface area contributed by atoms with E-state index in [-0.39, 0.29) is 13.2 Å². The van der Waals surface area contributed by atoms with Crippen molar-refractivity contribution in [1.29, 1.82) is 0 Å². The lowest BCUT2D eigenvalue weighted by Crippen LogP contribution is -2.58. The van der Waals surface area contributed by atoms with Crippen molar-refractivity contribution < 1.29 is 59.9 Å². The number of rotatable bonds is 5. The molecule has 1 aromatic heterocycles. The number of benzene rings is 2. The Morgan fingerprint density at radius 3 is 1.58 bits per heavy atom. The molecule has 3 heterocycles. The van der Waals surface area contributed by atoms with Crippen LogP contribution in [0.15, 0.2) is 36.4 Å². The third kappa shape index (κ3) is 6.56. The summed E-state index contributed by atoms with van der Waals surface area (Å²) in [7, 11) is 0. The predicted molar refractivity (Wildman–Crippen MR) is 157 cm³/mol. The second-order valence-electron chi connectivity index (χ2n) is 10.9. The second-order valence-corrected chi connectivity index (χ2v) is 10.9. The van der Waals surface area contributed by atoms with Gasteiger partial charge in [0.15, 0.2) is 0 Å². The number of nitrogens with zero attached hydrogens (tertiary/aromatic N) is 1. The van der Waals surface area contributed by atoms with Gasteiger partial charge in [-0.2, -0.15) is 0 Å². The molecule has 2 aliphatic rings. The van der Waals surface area contributed by atoms with Crippen LogP contribution in [0.1, 0.15) is 18.1 Å². The summed E-state index contributed by atoms with van der Waals surface area (Å²) in [5.41, 5.74) is 2.26. The fraction of sp³-hybridized carbons (Fsp3) is 0.469. The van der Waals surface area contributed by atoms with E-state index in [0.29, 0.717) is 22.2 Å². The first-order chi connectivity index (χ1) is 21.6. The quantitative estimate of drug-likeness (QED) is 0.112. The molecule has 2 fully saturated rings. The summed E-state index contributed by atoms with van der Waals surface area (Å²) in [5.74, 6) is 10.8. The lowest BCUT2D eigenvalue weighted by molar-refractivity contribution is -0.214. The van der Waals surface area contributed by atoms with Gasteiger partial charge >= 0.3 is 5.97 Å². The fourth-order valence-corrected chi connectivity index (χ4v) is 5.51. The van der Waals surface area contributed by atoms with Crippen molar-refractivity contribution in [3.8, 4) is 23.7 Å². The van der Waals surface area contributed by atoms with Gasteiger partial charge in [-0.05, 0) is 31.2 Å². The standard InChI is InChI=1S/C32H35NO12/c1-2-43-26(36)13-33-20-11-16(5-9-22-27(37)31(41)29(39)24(14-34)44-22)3-7-18(20)19-8-4-17(12-21(19)33)6-10-23-28(38)32(42)30(40)25(15-35)45-23/h3-4,7-8,11-12,22-25,27-32,34-35,37-42H,2,13-15H2,1H3. The summed E-state index contributed by atoms with van der Waals surface area (Å²) >= 11 is 0. The third-order valence-electron chi connectivity index (χ3n) is 7.96. The highest BCUT2D eigenvalue weighted by Gasteiger charge is 2.43. The molecular formula is C32H35NO12. The Hall–Kier alpha value is -3.57. The number of carbonyl (C=O) groups excluding carboxylic acids is 1. The maximum absolute atomic E-state index is 12.6. The number of aliphatic hydroxyl groups is 8. The van der Waals surface area contributed by atoms with E-state index in [0.717, 1.165) is 10.8 Å². The molecule has 10 unspecified atom stereocenters. The Morgan fingerprint density at radius 2 is 1.18 bits per heavy atom. The number of carbonyl (C=O) groups is 1. The van der Waals surface area contributed by atoms with E-state index in [9.17, 15) is 45.6 Å². The maximum atomic E-state index is 12.6. The van der Waals surface area contributed by atoms with Crippen LogP contribution in [0.2, 0.25) is 0 Å². The molecule has 0 bridgehead atoms. The lowest BCUT2D eigenvalue weighted by Gasteiger charge is -2.37. The van der Waals surface area contributed by atoms with Gasteiger partial charge in [-0.1, -0.05) is 35.8 Å². The Kier molecular flexibility index (Phi) is 10.1. The summed E-state index contributed by atoms with van der Waals surface area (Å²) in [6, 6.07) is 10.6. The molecular weight excluding hydrogens is 590 g/mol. The van der Waals surface area contributed by atoms with Gasteiger partial charge in [0.2, 0.25) is 0 Å². The zero-order chi connectivity index (χ0) is 32.4. The summed E-state index contributed by atoms with van der Waals surface area (Å²) in [6.45, 7) is 0.599. The smallest absolute Gasteiger partial charge is 0.325 e. The molecule has 0 aliphatic carbocycles. The lowest BCUT2D eigenvalue weighted by atomic mass is 9.95. The molecule has 8 N–H and O–H groups in total. The van der Waals surface area contributed by atoms with Crippen molar-refractivity contribution >= 4 is 27.8 Å².